The van der Waals surface area contributed by atoms with Crippen molar-refractivity contribution in [2.75, 3.05) is 0 Å². The third-order valence-corrected chi connectivity index (χ3v) is 11.1. The highest BCUT2D eigenvalue weighted by Gasteiger charge is 2.24. The van der Waals surface area contributed by atoms with Crippen LogP contribution in [0.4, 0.5) is 11.4 Å². The number of benzene rings is 8. The van der Waals surface area contributed by atoms with E-state index in [2.05, 4.69) is 175 Å². The molecule has 8 aromatic carbocycles. The van der Waals surface area contributed by atoms with Crippen LogP contribution in [0.15, 0.2) is 176 Å². The number of rotatable bonds is 4. The monoisotopic (exact) mass is 699 g/mol. The minimum Gasteiger partial charge on any atom is -0.310 e. The van der Waals surface area contributed by atoms with Crippen LogP contribution in [0.3, 0.4) is 0 Å². The minimum atomic E-state index is 0.563. The molecule has 5 nitrogen and oxygen atoms in total. The van der Waals surface area contributed by atoms with Crippen LogP contribution >= 0.6 is 0 Å². The second-order valence-corrected chi connectivity index (χ2v) is 13.9. The summed E-state index contributed by atoms with van der Waals surface area (Å²) in [6.45, 7) is 16.4. The number of fused-ring (bicyclic) bond motifs is 9. The number of hydrogen-bond donors (Lipinski definition) is 0. The summed E-state index contributed by atoms with van der Waals surface area (Å²) >= 11 is 0. The summed E-state index contributed by atoms with van der Waals surface area (Å²) in [6, 6.07) is 61.2. The molecular formula is C50H29N5. The molecule has 0 aliphatic rings. The molecule has 0 spiro atoms. The van der Waals surface area contributed by atoms with Gasteiger partial charge in [0.15, 0.2) is 11.4 Å². The average Bonchev–Trinajstić information content (AvgIpc) is 3.89. The number of nitrogens with zero attached hydrogens (tertiary/aromatic N) is 5. The van der Waals surface area contributed by atoms with Gasteiger partial charge in [-0.15, -0.1) is 0 Å². The normalized spacial score (nSPS) is 11.6. The molecule has 5 heteroatoms. The van der Waals surface area contributed by atoms with Gasteiger partial charge in [-0.25, -0.2) is 9.69 Å². The van der Waals surface area contributed by atoms with Gasteiger partial charge >= 0.3 is 0 Å². The Morgan fingerprint density at radius 1 is 0.345 bits per heavy atom. The van der Waals surface area contributed by atoms with Crippen LogP contribution in [0.1, 0.15) is 0 Å². The van der Waals surface area contributed by atoms with Crippen LogP contribution in [0.5, 0.6) is 0 Å². The molecule has 11 aromatic rings. The highest BCUT2D eigenvalue weighted by molar-refractivity contribution is 6.16. The summed E-state index contributed by atoms with van der Waals surface area (Å²) in [7, 11) is 0. The van der Waals surface area contributed by atoms with Gasteiger partial charge in [-0.2, -0.15) is 0 Å². The van der Waals surface area contributed by atoms with E-state index in [0.717, 1.165) is 82.8 Å². The van der Waals surface area contributed by atoms with Gasteiger partial charge in [0.1, 0.15) is 0 Å². The SMILES string of the molecule is [C-]#[N+]c1ccc2c3ccccc3n(-c3ccccc3-c3c([N+]#[C-])cccc3-n3c4ccccc4c4cccc(-n5c6ccccc6c6ccccc65)c43)c2c1. The van der Waals surface area contributed by atoms with Gasteiger partial charge < -0.3 is 13.7 Å². The predicted octanol–water partition coefficient (Wildman–Crippen LogP) is 13.7. The van der Waals surface area contributed by atoms with Crippen LogP contribution < -0.4 is 0 Å². The molecule has 254 valence electrons. The lowest BCUT2D eigenvalue weighted by atomic mass is 9.98. The Hall–Kier alpha value is -7.86. The maximum atomic E-state index is 8.55. The molecule has 0 atom stereocenters. The van der Waals surface area contributed by atoms with Crippen molar-refractivity contribution in [3.63, 3.8) is 0 Å². The Morgan fingerprint density at radius 2 is 0.818 bits per heavy atom. The first-order valence-electron chi connectivity index (χ1n) is 18.3. The summed E-state index contributed by atoms with van der Waals surface area (Å²) in [5.41, 5.74) is 12.2. The Balaban J connectivity index is 1.28. The molecule has 0 bridgehead atoms. The Kier molecular flexibility index (Phi) is 6.61. The van der Waals surface area contributed by atoms with Gasteiger partial charge in [-0.1, -0.05) is 127 Å². The summed E-state index contributed by atoms with van der Waals surface area (Å²) < 4.78 is 7.02. The molecule has 3 heterocycles. The number of para-hydroxylation sites is 6. The molecule has 0 fully saturated rings. The zero-order valence-electron chi connectivity index (χ0n) is 29.5. The fourth-order valence-corrected chi connectivity index (χ4v) is 8.87. The maximum Gasteiger partial charge on any atom is 0.197 e. The summed E-state index contributed by atoms with van der Waals surface area (Å²) in [5.74, 6) is 0. The Bertz CT molecular complexity index is 3420. The second kappa shape index (κ2) is 11.8. The molecular weight excluding hydrogens is 671 g/mol. The third-order valence-electron chi connectivity index (χ3n) is 11.1. The van der Waals surface area contributed by atoms with E-state index in [9.17, 15) is 0 Å². The summed E-state index contributed by atoms with van der Waals surface area (Å²) in [5, 5.41) is 6.87. The van der Waals surface area contributed by atoms with Crippen LogP contribution in [0.25, 0.3) is 103 Å². The van der Waals surface area contributed by atoms with Crippen molar-refractivity contribution in [2.24, 2.45) is 0 Å². The lowest BCUT2D eigenvalue weighted by molar-refractivity contribution is 1.13. The van der Waals surface area contributed by atoms with Crippen molar-refractivity contribution in [3.05, 3.63) is 199 Å². The van der Waals surface area contributed by atoms with Crippen molar-refractivity contribution in [1.82, 2.24) is 13.7 Å². The Morgan fingerprint density at radius 3 is 1.45 bits per heavy atom. The highest BCUT2D eigenvalue weighted by atomic mass is 15.1. The van der Waals surface area contributed by atoms with E-state index in [-0.39, 0.29) is 0 Å². The fourth-order valence-electron chi connectivity index (χ4n) is 8.87. The minimum absolute atomic E-state index is 0.563. The third kappa shape index (κ3) is 4.33. The zero-order valence-corrected chi connectivity index (χ0v) is 29.5. The van der Waals surface area contributed by atoms with Gasteiger partial charge in [-0.3, -0.25) is 0 Å². The molecule has 0 N–H and O–H groups in total. The Labute approximate surface area is 316 Å². The topological polar surface area (TPSA) is 23.5 Å². The van der Waals surface area contributed by atoms with Gasteiger partial charge in [0, 0.05) is 49.1 Å². The van der Waals surface area contributed by atoms with Crippen LogP contribution in [-0.4, -0.2) is 13.7 Å². The van der Waals surface area contributed by atoms with Crippen LogP contribution in [0.2, 0.25) is 0 Å². The van der Waals surface area contributed by atoms with Crippen molar-refractivity contribution in [3.8, 4) is 28.2 Å². The van der Waals surface area contributed by atoms with Crippen LogP contribution in [0, 0.1) is 13.1 Å². The van der Waals surface area contributed by atoms with E-state index < -0.39 is 0 Å². The van der Waals surface area contributed by atoms with E-state index in [1.54, 1.807) is 0 Å². The molecule has 0 unspecified atom stereocenters. The van der Waals surface area contributed by atoms with E-state index in [0.29, 0.717) is 11.4 Å². The average molecular weight is 700 g/mol. The summed E-state index contributed by atoms with van der Waals surface area (Å²) in [4.78, 5) is 7.99. The van der Waals surface area contributed by atoms with Gasteiger partial charge in [-0.05, 0) is 54.1 Å². The van der Waals surface area contributed by atoms with E-state index >= 15 is 0 Å². The van der Waals surface area contributed by atoms with Crippen molar-refractivity contribution in [2.45, 2.75) is 0 Å². The smallest absolute Gasteiger partial charge is 0.197 e. The first-order chi connectivity index (χ1) is 27.2. The lowest BCUT2D eigenvalue weighted by Gasteiger charge is -2.21. The molecule has 3 aromatic heterocycles. The quantitative estimate of drug-likeness (QED) is 0.163. The first-order valence-corrected chi connectivity index (χ1v) is 18.3. The molecule has 0 aliphatic carbocycles. The molecule has 0 radical (unpaired) electrons. The largest absolute Gasteiger partial charge is 0.310 e. The molecule has 0 saturated heterocycles. The van der Waals surface area contributed by atoms with Crippen molar-refractivity contribution < 1.29 is 0 Å². The van der Waals surface area contributed by atoms with Crippen LogP contribution in [-0.2, 0) is 0 Å². The number of aromatic nitrogens is 3. The molecule has 55 heavy (non-hydrogen) atoms. The van der Waals surface area contributed by atoms with Gasteiger partial charge in [0.25, 0.3) is 0 Å². The molecule has 0 aliphatic heterocycles. The predicted molar refractivity (Wildman–Crippen MR) is 227 cm³/mol. The van der Waals surface area contributed by atoms with Crippen molar-refractivity contribution in [1.29, 1.82) is 0 Å². The van der Waals surface area contributed by atoms with Gasteiger partial charge in [0.2, 0.25) is 0 Å². The summed E-state index contributed by atoms with van der Waals surface area (Å²) in [6.07, 6.45) is 0. The number of hydrogen-bond acceptors (Lipinski definition) is 0. The first kappa shape index (κ1) is 30.7. The lowest BCUT2D eigenvalue weighted by Crippen LogP contribution is -2.03. The van der Waals surface area contributed by atoms with Gasteiger partial charge in [0.05, 0.1) is 52.1 Å². The van der Waals surface area contributed by atoms with Crippen molar-refractivity contribution >= 4 is 76.8 Å². The maximum absolute atomic E-state index is 8.55. The standard InChI is InChI=1S/C50H29N5/c1-51-32-29-30-37-35-17-5-10-24-43(35)54(48(37)31-32)45-26-12-7-19-39(45)49-40(52-2)21-14-27-46(49)55-44-25-11-6-18-36(44)38-20-13-28-47(50(38)55)53-41-22-8-3-15-33(41)34-16-4-9-23-42(34)53/h3-31H. The van der Waals surface area contributed by atoms with E-state index in [4.69, 9.17) is 13.1 Å². The zero-order chi connectivity index (χ0) is 36.6. The van der Waals surface area contributed by atoms with E-state index in [1.807, 2.05) is 24.3 Å². The molecule has 0 saturated carbocycles. The molecule has 0 amide bonds. The van der Waals surface area contributed by atoms with E-state index in [1.165, 1.54) is 10.8 Å². The second-order valence-electron chi connectivity index (χ2n) is 13.9. The highest BCUT2D eigenvalue weighted by Crippen LogP contribution is 2.46. The molecule has 11 rings (SSSR count). The fraction of sp³-hybridized carbons (Fsp3) is 0.